The molecule has 1 aliphatic heterocycles. The fraction of sp³-hybridized carbons (Fsp3) is 0.500. The van der Waals surface area contributed by atoms with E-state index in [0.717, 1.165) is 38.3 Å². The first kappa shape index (κ1) is 13.5. The zero-order chi connectivity index (χ0) is 13.1. The third-order valence-electron chi connectivity index (χ3n) is 3.62. The van der Waals surface area contributed by atoms with Crippen molar-refractivity contribution in [3.63, 3.8) is 0 Å². The van der Waals surface area contributed by atoms with Gasteiger partial charge in [-0.3, -0.25) is 4.90 Å². The maximum absolute atomic E-state index is 5.65. The molecular formula is C14H21N3S. The molecule has 1 aromatic rings. The number of aryl methyl sites for hydroxylation is 1. The van der Waals surface area contributed by atoms with Gasteiger partial charge in [-0.25, -0.2) is 0 Å². The molecule has 2 rings (SSSR count). The largest absolute Gasteiger partial charge is 0.389 e. The van der Waals surface area contributed by atoms with Gasteiger partial charge < -0.3 is 10.6 Å². The van der Waals surface area contributed by atoms with Crippen molar-refractivity contribution in [2.24, 2.45) is 5.73 Å². The van der Waals surface area contributed by atoms with Crippen LogP contribution in [0.15, 0.2) is 18.2 Å². The van der Waals surface area contributed by atoms with Crippen molar-refractivity contribution >= 4 is 17.2 Å². The summed E-state index contributed by atoms with van der Waals surface area (Å²) in [5, 5.41) is 0. The lowest BCUT2D eigenvalue weighted by molar-refractivity contribution is 0.148. The van der Waals surface area contributed by atoms with Gasteiger partial charge in [-0.1, -0.05) is 24.4 Å². The van der Waals surface area contributed by atoms with Crippen LogP contribution in [0.25, 0.3) is 0 Å². The van der Waals surface area contributed by atoms with Crippen LogP contribution in [0.2, 0.25) is 0 Å². The molecule has 1 aromatic carbocycles. The van der Waals surface area contributed by atoms with Crippen molar-refractivity contribution < 1.29 is 0 Å². The van der Waals surface area contributed by atoms with Crippen LogP contribution in [0.4, 0.5) is 0 Å². The van der Waals surface area contributed by atoms with Crippen LogP contribution in [0.5, 0.6) is 0 Å². The molecule has 0 spiro atoms. The van der Waals surface area contributed by atoms with Gasteiger partial charge in [0.25, 0.3) is 0 Å². The van der Waals surface area contributed by atoms with Crippen LogP contribution in [-0.2, 0) is 6.54 Å². The maximum atomic E-state index is 5.65. The molecule has 3 nitrogen and oxygen atoms in total. The first-order chi connectivity index (χ1) is 8.56. The Labute approximate surface area is 115 Å². The molecule has 4 heteroatoms. The predicted molar refractivity (Wildman–Crippen MR) is 79.8 cm³/mol. The van der Waals surface area contributed by atoms with E-state index in [1.54, 1.807) is 0 Å². The second-order valence-corrected chi connectivity index (χ2v) is 5.52. The van der Waals surface area contributed by atoms with Crippen LogP contribution in [0.1, 0.15) is 16.7 Å². The van der Waals surface area contributed by atoms with Gasteiger partial charge in [-0.15, -0.1) is 0 Å². The summed E-state index contributed by atoms with van der Waals surface area (Å²) in [6, 6.07) is 6.27. The smallest absolute Gasteiger partial charge is 0.103 e. The number of piperazine rings is 1. The minimum Gasteiger partial charge on any atom is -0.389 e. The van der Waals surface area contributed by atoms with Crippen LogP contribution < -0.4 is 5.73 Å². The van der Waals surface area contributed by atoms with Gasteiger partial charge in [-0.05, 0) is 31.2 Å². The summed E-state index contributed by atoms with van der Waals surface area (Å²) >= 11 is 5.00. The fourth-order valence-corrected chi connectivity index (χ4v) is 2.40. The molecule has 0 unspecified atom stereocenters. The molecule has 0 aromatic heterocycles. The maximum Gasteiger partial charge on any atom is 0.103 e. The molecule has 98 valence electrons. The average Bonchev–Trinajstić information content (AvgIpc) is 2.34. The van der Waals surface area contributed by atoms with Crippen molar-refractivity contribution in [1.29, 1.82) is 0 Å². The SMILES string of the molecule is Cc1cc(C(N)=S)ccc1CN1CCN(C)CC1. The highest BCUT2D eigenvalue weighted by Crippen LogP contribution is 2.14. The van der Waals surface area contributed by atoms with E-state index in [1.807, 2.05) is 6.07 Å². The topological polar surface area (TPSA) is 32.5 Å². The van der Waals surface area contributed by atoms with E-state index in [0.29, 0.717) is 4.99 Å². The molecule has 1 saturated heterocycles. The molecule has 0 aliphatic carbocycles. The zero-order valence-corrected chi connectivity index (χ0v) is 12.0. The summed E-state index contributed by atoms with van der Waals surface area (Å²) in [6.45, 7) is 7.76. The van der Waals surface area contributed by atoms with Crippen LogP contribution in [-0.4, -0.2) is 48.0 Å². The Hall–Kier alpha value is -0.970. The van der Waals surface area contributed by atoms with E-state index in [9.17, 15) is 0 Å². The summed E-state index contributed by atoms with van der Waals surface area (Å²) in [6.07, 6.45) is 0. The highest BCUT2D eigenvalue weighted by molar-refractivity contribution is 7.80. The Bertz CT molecular complexity index is 437. The van der Waals surface area contributed by atoms with E-state index < -0.39 is 0 Å². The molecule has 1 fully saturated rings. The summed E-state index contributed by atoms with van der Waals surface area (Å²) in [7, 11) is 2.18. The highest BCUT2D eigenvalue weighted by atomic mass is 32.1. The Morgan fingerprint density at radius 1 is 1.28 bits per heavy atom. The number of rotatable bonds is 3. The Balaban J connectivity index is 2.03. The quantitative estimate of drug-likeness (QED) is 0.835. The second-order valence-electron chi connectivity index (χ2n) is 5.08. The van der Waals surface area contributed by atoms with Crippen molar-refractivity contribution in [3.05, 3.63) is 34.9 Å². The third-order valence-corrected chi connectivity index (χ3v) is 3.85. The van der Waals surface area contributed by atoms with Crippen molar-refractivity contribution in [1.82, 2.24) is 9.80 Å². The number of nitrogens with zero attached hydrogens (tertiary/aromatic N) is 2. The summed E-state index contributed by atoms with van der Waals surface area (Å²) in [5.74, 6) is 0. The van der Waals surface area contributed by atoms with Crippen molar-refractivity contribution in [2.45, 2.75) is 13.5 Å². The molecule has 18 heavy (non-hydrogen) atoms. The number of benzene rings is 1. The van der Waals surface area contributed by atoms with Crippen molar-refractivity contribution in [2.75, 3.05) is 33.2 Å². The van der Waals surface area contributed by atoms with Gasteiger partial charge in [0.2, 0.25) is 0 Å². The lowest BCUT2D eigenvalue weighted by atomic mass is 10.0. The summed E-state index contributed by atoms with van der Waals surface area (Å²) < 4.78 is 0. The fourth-order valence-electron chi connectivity index (χ4n) is 2.27. The molecule has 0 radical (unpaired) electrons. The molecule has 0 amide bonds. The Kier molecular flexibility index (Phi) is 4.32. The van der Waals surface area contributed by atoms with E-state index >= 15 is 0 Å². The van der Waals surface area contributed by atoms with E-state index in [-0.39, 0.29) is 0 Å². The van der Waals surface area contributed by atoms with Gasteiger partial charge in [0, 0.05) is 38.3 Å². The second kappa shape index (κ2) is 5.78. The lowest BCUT2D eigenvalue weighted by Gasteiger charge is -2.32. The Morgan fingerprint density at radius 2 is 1.94 bits per heavy atom. The standard InChI is InChI=1S/C14H21N3S/c1-11-9-12(14(15)18)3-4-13(11)10-17-7-5-16(2)6-8-17/h3-4,9H,5-8,10H2,1-2H3,(H2,15,18). The molecule has 0 bridgehead atoms. The van der Waals surface area contributed by atoms with Crippen LogP contribution in [0, 0.1) is 6.92 Å². The van der Waals surface area contributed by atoms with Gasteiger partial charge in [-0.2, -0.15) is 0 Å². The van der Waals surface area contributed by atoms with Crippen LogP contribution >= 0.6 is 12.2 Å². The van der Waals surface area contributed by atoms with E-state index in [1.165, 1.54) is 11.1 Å². The molecule has 1 aliphatic rings. The van der Waals surface area contributed by atoms with Gasteiger partial charge >= 0.3 is 0 Å². The van der Waals surface area contributed by atoms with Gasteiger partial charge in [0.05, 0.1) is 0 Å². The van der Waals surface area contributed by atoms with Crippen molar-refractivity contribution in [3.8, 4) is 0 Å². The minimum absolute atomic E-state index is 0.476. The summed E-state index contributed by atoms with van der Waals surface area (Å²) in [5.41, 5.74) is 9.26. The molecule has 1 heterocycles. The van der Waals surface area contributed by atoms with Crippen LogP contribution in [0.3, 0.4) is 0 Å². The normalized spacial score (nSPS) is 17.9. The van der Waals surface area contributed by atoms with Gasteiger partial charge in [0.15, 0.2) is 0 Å². The number of hydrogen-bond donors (Lipinski definition) is 1. The molecule has 0 saturated carbocycles. The average molecular weight is 263 g/mol. The zero-order valence-electron chi connectivity index (χ0n) is 11.1. The monoisotopic (exact) mass is 263 g/mol. The number of hydrogen-bond acceptors (Lipinski definition) is 3. The third kappa shape index (κ3) is 3.28. The molecule has 2 N–H and O–H groups in total. The number of likely N-dealkylation sites (N-methyl/N-ethyl adjacent to an activating group) is 1. The lowest BCUT2D eigenvalue weighted by Crippen LogP contribution is -2.43. The molecule has 0 atom stereocenters. The first-order valence-corrected chi connectivity index (χ1v) is 6.77. The number of thiocarbonyl (C=S) groups is 1. The molecular weight excluding hydrogens is 242 g/mol. The highest BCUT2D eigenvalue weighted by Gasteiger charge is 2.14. The Morgan fingerprint density at radius 3 is 2.50 bits per heavy atom. The predicted octanol–water partition coefficient (Wildman–Crippen LogP) is 1.38. The first-order valence-electron chi connectivity index (χ1n) is 6.36. The number of nitrogens with two attached hydrogens (primary N) is 1. The van der Waals surface area contributed by atoms with E-state index in [2.05, 4.69) is 35.9 Å². The summed E-state index contributed by atoms with van der Waals surface area (Å²) in [4.78, 5) is 5.35. The van der Waals surface area contributed by atoms with E-state index in [4.69, 9.17) is 18.0 Å². The van der Waals surface area contributed by atoms with Gasteiger partial charge in [0.1, 0.15) is 4.99 Å². The minimum atomic E-state index is 0.476.